The van der Waals surface area contributed by atoms with Crippen LogP contribution in [0.1, 0.15) is 29.7 Å². The molecule has 1 unspecified atom stereocenters. The molecule has 0 aromatic heterocycles. The number of nitrogens with one attached hydrogen (secondary N) is 3. The van der Waals surface area contributed by atoms with Crippen molar-refractivity contribution in [3.05, 3.63) is 69.2 Å². The lowest BCUT2D eigenvalue weighted by Crippen LogP contribution is -2.38. The van der Waals surface area contributed by atoms with Crippen LogP contribution in [0.25, 0.3) is 0 Å². The summed E-state index contributed by atoms with van der Waals surface area (Å²) in [5.74, 6) is 0.583. The minimum Gasteiger partial charge on any atom is -0.352 e. The molecule has 0 amide bonds. The van der Waals surface area contributed by atoms with Crippen LogP contribution in [-0.4, -0.2) is 28.5 Å². The molecule has 10 heteroatoms. The van der Waals surface area contributed by atoms with Crippen molar-refractivity contribution in [2.45, 2.75) is 25.3 Å². The predicted molar refractivity (Wildman–Crippen MR) is 132 cm³/mol. The minimum atomic E-state index is -3.27. The van der Waals surface area contributed by atoms with Crippen molar-refractivity contribution < 1.29 is 8.42 Å². The van der Waals surface area contributed by atoms with E-state index in [-0.39, 0.29) is 35.8 Å². The topological polar surface area (TPSA) is 82.6 Å². The summed E-state index contributed by atoms with van der Waals surface area (Å²) < 4.78 is 25.5. The Balaban J connectivity index is 0.00000420. The van der Waals surface area contributed by atoms with E-state index in [1.807, 2.05) is 25.1 Å². The van der Waals surface area contributed by atoms with Gasteiger partial charge in [-0.2, -0.15) is 0 Å². The maximum Gasteiger partial charge on any atom is 0.215 e. The number of hydrogen-bond donors (Lipinski definition) is 3. The summed E-state index contributed by atoms with van der Waals surface area (Å²) in [6, 6.07) is 12.7. The first-order valence-electron chi connectivity index (χ1n) is 8.65. The van der Waals surface area contributed by atoms with E-state index < -0.39 is 10.0 Å². The summed E-state index contributed by atoms with van der Waals surface area (Å²) in [4.78, 5) is 4.23. The van der Waals surface area contributed by atoms with Crippen LogP contribution in [-0.2, 0) is 22.3 Å². The second-order valence-corrected chi connectivity index (χ2v) is 9.01. The van der Waals surface area contributed by atoms with E-state index in [1.54, 1.807) is 31.3 Å². The Morgan fingerprint density at radius 2 is 1.72 bits per heavy atom. The number of rotatable bonds is 7. The Morgan fingerprint density at radius 1 is 1.10 bits per heavy atom. The van der Waals surface area contributed by atoms with Crippen LogP contribution in [0.4, 0.5) is 0 Å². The van der Waals surface area contributed by atoms with E-state index in [0.717, 1.165) is 16.7 Å². The molecule has 0 aliphatic carbocycles. The molecular weight excluding hydrogens is 546 g/mol. The summed E-state index contributed by atoms with van der Waals surface area (Å²) >= 11 is 12.2. The Labute approximate surface area is 199 Å². The van der Waals surface area contributed by atoms with Crippen LogP contribution in [0.3, 0.4) is 0 Å². The maximum absolute atomic E-state index is 11.6. The quantitative estimate of drug-likeness (QED) is 0.266. The highest BCUT2D eigenvalue weighted by molar-refractivity contribution is 14.0. The molecule has 0 aliphatic rings. The number of guanidine groups is 1. The Morgan fingerprint density at radius 3 is 2.28 bits per heavy atom. The van der Waals surface area contributed by atoms with Gasteiger partial charge in [-0.25, -0.2) is 13.1 Å². The number of aliphatic imine (C=N–C) groups is 1. The molecule has 0 spiro atoms. The van der Waals surface area contributed by atoms with Crippen LogP contribution in [0.5, 0.6) is 0 Å². The summed E-state index contributed by atoms with van der Waals surface area (Å²) in [5, 5.41) is 7.71. The second kappa shape index (κ2) is 11.9. The van der Waals surface area contributed by atoms with Gasteiger partial charge in [0.05, 0.1) is 11.8 Å². The molecule has 0 aliphatic heterocycles. The lowest BCUT2D eigenvalue weighted by Gasteiger charge is -2.19. The van der Waals surface area contributed by atoms with Gasteiger partial charge in [0.2, 0.25) is 10.0 Å². The summed E-state index contributed by atoms with van der Waals surface area (Å²) in [6.45, 7) is 2.53. The van der Waals surface area contributed by atoms with Crippen molar-refractivity contribution in [3.63, 3.8) is 0 Å². The van der Waals surface area contributed by atoms with Crippen molar-refractivity contribution in [1.29, 1.82) is 0 Å². The molecule has 6 nitrogen and oxygen atoms in total. The van der Waals surface area contributed by atoms with E-state index >= 15 is 0 Å². The van der Waals surface area contributed by atoms with Gasteiger partial charge in [0.1, 0.15) is 0 Å². The molecule has 2 aromatic carbocycles. The lowest BCUT2D eigenvalue weighted by atomic mass is 10.1. The van der Waals surface area contributed by atoms with Gasteiger partial charge < -0.3 is 10.6 Å². The first-order chi connectivity index (χ1) is 13.2. The highest BCUT2D eigenvalue weighted by Gasteiger charge is 2.12. The third-order valence-electron chi connectivity index (χ3n) is 4.16. The fraction of sp³-hybridized carbons (Fsp3) is 0.316. The zero-order valence-electron chi connectivity index (χ0n) is 16.4. The number of nitrogens with zero attached hydrogens (tertiary/aromatic N) is 1. The lowest BCUT2D eigenvalue weighted by molar-refractivity contribution is 0.587. The van der Waals surface area contributed by atoms with E-state index in [2.05, 4.69) is 20.3 Å². The highest BCUT2D eigenvalue weighted by Crippen LogP contribution is 2.26. The zero-order valence-corrected chi connectivity index (χ0v) is 21.0. The van der Waals surface area contributed by atoms with Gasteiger partial charge in [0.25, 0.3) is 0 Å². The number of benzene rings is 2. The van der Waals surface area contributed by atoms with E-state index in [0.29, 0.717) is 22.5 Å². The fourth-order valence-electron chi connectivity index (χ4n) is 2.56. The molecular formula is C19H25Cl2IN4O2S. The number of hydrogen-bond acceptors (Lipinski definition) is 3. The molecule has 3 N–H and O–H groups in total. The monoisotopic (exact) mass is 570 g/mol. The third kappa shape index (κ3) is 8.29. The molecule has 2 rings (SSSR count). The SMILES string of the molecule is CN=C(NCc1ccc(CS(=O)(=O)NC)cc1)NC(C)c1ccc(Cl)cc1Cl.I. The van der Waals surface area contributed by atoms with E-state index in [1.165, 1.54) is 7.05 Å². The van der Waals surface area contributed by atoms with Gasteiger partial charge in [0, 0.05) is 23.6 Å². The molecule has 160 valence electrons. The normalized spacial score (nSPS) is 12.8. The molecule has 0 heterocycles. The fourth-order valence-corrected chi connectivity index (χ4v) is 3.91. The van der Waals surface area contributed by atoms with Crippen LogP contribution in [0.2, 0.25) is 10.0 Å². The second-order valence-electron chi connectivity index (χ2n) is 6.24. The molecule has 0 bridgehead atoms. The molecule has 0 radical (unpaired) electrons. The van der Waals surface area contributed by atoms with Gasteiger partial charge in [0.15, 0.2) is 5.96 Å². The van der Waals surface area contributed by atoms with Gasteiger partial charge in [-0.1, -0.05) is 53.5 Å². The van der Waals surface area contributed by atoms with Crippen LogP contribution in [0, 0.1) is 0 Å². The van der Waals surface area contributed by atoms with Gasteiger partial charge in [-0.15, -0.1) is 24.0 Å². The van der Waals surface area contributed by atoms with Crippen molar-refractivity contribution in [2.24, 2.45) is 4.99 Å². The smallest absolute Gasteiger partial charge is 0.215 e. The average molecular weight is 571 g/mol. The van der Waals surface area contributed by atoms with Crippen LogP contribution >= 0.6 is 47.2 Å². The van der Waals surface area contributed by atoms with E-state index in [4.69, 9.17) is 23.2 Å². The van der Waals surface area contributed by atoms with Gasteiger partial charge >= 0.3 is 0 Å². The molecule has 29 heavy (non-hydrogen) atoms. The standard InChI is InChI=1S/C19H24Cl2N4O2S.HI/c1-13(17-9-8-16(20)10-18(17)21)25-19(22-2)24-11-14-4-6-15(7-5-14)12-28(26,27)23-3;/h4-10,13,23H,11-12H2,1-3H3,(H2,22,24,25);1H. The highest BCUT2D eigenvalue weighted by atomic mass is 127. The molecule has 2 aromatic rings. The summed E-state index contributed by atoms with van der Waals surface area (Å²) in [5.41, 5.74) is 2.65. The first kappa shape index (κ1) is 26.0. The summed E-state index contributed by atoms with van der Waals surface area (Å²) in [6.07, 6.45) is 0. The Kier molecular flexibility index (Phi) is 10.7. The van der Waals surface area contributed by atoms with Crippen molar-refractivity contribution in [2.75, 3.05) is 14.1 Å². The van der Waals surface area contributed by atoms with E-state index in [9.17, 15) is 8.42 Å². The van der Waals surface area contributed by atoms with Gasteiger partial charge in [-0.05, 0) is 42.8 Å². The average Bonchev–Trinajstić information content (AvgIpc) is 2.65. The van der Waals surface area contributed by atoms with Crippen LogP contribution < -0.4 is 15.4 Å². The van der Waals surface area contributed by atoms with Crippen molar-refractivity contribution in [1.82, 2.24) is 15.4 Å². The van der Waals surface area contributed by atoms with Crippen LogP contribution in [0.15, 0.2) is 47.5 Å². The number of halogens is 3. The Hall–Kier alpha value is -1.07. The zero-order chi connectivity index (χ0) is 20.7. The molecule has 1 atom stereocenters. The first-order valence-corrected chi connectivity index (χ1v) is 11.1. The predicted octanol–water partition coefficient (Wildman–Crippen LogP) is 4.09. The Bertz CT molecular complexity index is 938. The van der Waals surface area contributed by atoms with Crippen molar-refractivity contribution in [3.8, 4) is 0 Å². The number of sulfonamides is 1. The molecule has 0 saturated heterocycles. The van der Waals surface area contributed by atoms with Crippen molar-refractivity contribution >= 4 is 63.2 Å². The largest absolute Gasteiger partial charge is 0.352 e. The molecule has 0 fully saturated rings. The van der Waals surface area contributed by atoms with Gasteiger partial charge in [-0.3, -0.25) is 4.99 Å². The summed E-state index contributed by atoms with van der Waals surface area (Å²) in [7, 11) is -0.176. The maximum atomic E-state index is 11.6. The molecule has 0 saturated carbocycles. The third-order valence-corrected chi connectivity index (χ3v) is 6.05. The minimum absolute atomic E-state index is 0.